The largest absolute Gasteiger partial charge is 0.508 e. The van der Waals surface area contributed by atoms with E-state index in [1.807, 2.05) is 25.1 Å². The van der Waals surface area contributed by atoms with Gasteiger partial charge in [0.15, 0.2) is 0 Å². The first-order valence-electron chi connectivity index (χ1n) is 6.16. The summed E-state index contributed by atoms with van der Waals surface area (Å²) in [7, 11) is 0. The number of aromatic hydroxyl groups is 1. The summed E-state index contributed by atoms with van der Waals surface area (Å²) in [6.07, 6.45) is 3.76. The van der Waals surface area contributed by atoms with Gasteiger partial charge in [-0.25, -0.2) is 4.39 Å². The third kappa shape index (κ3) is 7.93. The van der Waals surface area contributed by atoms with E-state index < -0.39 is 0 Å². The third-order valence-corrected chi connectivity index (χ3v) is 3.24. The highest BCUT2D eigenvalue weighted by Crippen LogP contribution is 2.25. The molecular formula is C17H20BrFOS. The summed E-state index contributed by atoms with van der Waals surface area (Å²) in [6.45, 7) is 5.60. The van der Waals surface area contributed by atoms with Crippen LogP contribution in [0.5, 0.6) is 5.75 Å². The Morgan fingerprint density at radius 2 is 1.71 bits per heavy atom. The van der Waals surface area contributed by atoms with Gasteiger partial charge >= 0.3 is 0 Å². The predicted octanol–water partition coefficient (Wildman–Crippen LogP) is 5.90. The molecule has 1 nitrogen and oxygen atoms in total. The Morgan fingerprint density at radius 3 is 2.14 bits per heavy atom. The van der Waals surface area contributed by atoms with Gasteiger partial charge in [-0.2, -0.15) is 0 Å². The molecule has 114 valence electrons. The van der Waals surface area contributed by atoms with Crippen LogP contribution in [0.1, 0.15) is 11.1 Å². The molecule has 2 rings (SSSR count). The summed E-state index contributed by atoms with van der Waals surface area (Å²) in [5, 5.41) is 9.12. The first-order chi connectivity index (χ1) is 10.1. The summed E-state index contributed by atoms with van der Waals surface area (Å²) < 4.78 is 12.1. The summed E-state index contributed by atoms with van der Waals surface area (Å²) in [4.78, 5) is 1.06. The maximum Gasteiger partial charge on any atom is 0.123 e. The lowest BCUT2D eigenvalue weighted by Gasteiger charge is -2.01. The van der Waals surface area contributed by atoms with Crippen LogP contribution in [-0.2, 0) is 0 Å². The second-order valence-corrected chi connectivity index (χ2v) is 4.77. The Bertz CT molecular complexity index is 520. The van der Waals surface area contributed by atoms with Crippen molar-refractivity contribution in [2.45, 2.75) is 11.8 Å². The Labute approximate surface area is 139 Å². The SMILES string of the molecule is C=Cc1ccc(O)cc1SC.CBr.Cc1ccc(F)cc1. The Hall–Kier alpha value is -1.26. The predicted molar refractivity (Wildman–Crippen MR) is 96.0 cm³/mol. The maximum absolute atomic E-state index is 12.1. The molecule has 0 fully saturated rings. The first-order valence-corrected chi connectivity index (χ1v) is 8.97. The highest BCUT2D eigenvalue weighted by molar-refractivity contribution is 9.08. The number of alkyl halides is 1. The lowest BCUT2D eigenvalue weighted by Crippen LogP contribution is -1.76. The summed E-state index contributed by atoms with van der Waals surface area (Å²) in [5.41, 5.74) is 2.15. The summed E-state index contributed by atoms with van der Waals surface area (Å²) in [6, 6.07) is 11.7. The molecule has 0 heterocycles. The number of aryl methyl sites for hydroxylation is 1. The van der Waals surface area contributed by atoms with Gasteiger partial charge in [0.2, 0.25) is 0 Å². The molecule has 0 aliphatic rings. The minimum Gasteiger partial charge on any atom is -0.508 e. The van der Waals surface area contributed by atoms with E-state index in [2.05, 4.69) is 22.5 Å². The smallest absolute Gasteiger partial charge is 0.123 e. The van der Waals surface area contributed by atoms with E-state index >= 15 is 0 Å². The Morgan fingerprint density at radius 1 is 1.14 bits per heavy atom. The van der Waals surface area contributed by atoms with Gasteiger partial charge in [0.05, 0.1) is 0 Å². The van der Waals surface area contributed by atoms with Crippen LogP contribution in [0.3, 0.4) is 0 Å². The highest BCUT2D eigenvalue weighted by atomic mass is 79.9. The van der Waals surface area contributed by atoms with E-state index in [1.54, 1.807) is 42.1 Å². The Balaban J connectivity index is 0.000000354. The number of phenolic OH excluding ortho intramolecular Hbond substituents is 1. The van der Waals surface area contributed by atoms with Crippen LogP contribution in [-0.4, -0.2) is 17.2 Å². The van der Waals surface area contributed by atoms with Gasteiger partial charge in [0, 0.05) is 4.90 Å². The molecule has 4 heteroatoms. The minimum atomic E-state index is -0.171. The first kappa shape index (κ1) is 19.7. The van der Waals surface area contributed by atoms with Crippen LogP contribution in [0.25, 0.3) is 6.08 Å². The molecule has 0 saturated heterocycles. The standard InChI is InChI=1S/C9H10OS.C7H7F.CH3Br/c1-3-7-4-5-8(10)6-9(7)11-2;1-6-2-4-7(8)5-3-6;1-2/h3-6,10H,1H2,2H3;2-5H,1H3;1H3. The molecule has 0 aliphatic carbocycles. The number of rotatable bonds is 2. The zero-order valence-electron chi connectivity index (χ0n) is 12.4. The molecule has 1 N–H and O–H groups in total. The normalized spacial score (nSPS) is 8.81. The van der Waals surface area contributed by atoms with Gasteiger partial charge in [-0.1, -0.05) is 52.3 Å². The van der Waals surface area contributed by atoms with Crippen molar-refractivity contribution in [3.05, 3.63) is 66.0 Å². The number of halogens is 2. The van der Waals surface area contributed by atoms with Crippen LogP contribution in [0, 0.1) is 12.7 Å². The van der Waals surface area contributed by atoms with Crippen LogP contribution < -0.4 is 0 Å². The number of phenols is 1. The van der Waals surface area contributed by atoms with Crippen molar-refractivity contribution in [2.75, 3.05) is 12.1 Å². The van der Waals surface area contributed by atoms with Crippen molar-refractivity contribution in [3.63, 3.8) is 0 Å². The van der Waals surface area contributed by atoms with Gasteiger partial charge in [-0.15, -0.1) is 11.8 Å². The lowest BCUT2D eigenvalue weighted by molar-refractivity contribution is 0.474. The van der Waals surface area contributed by atoms with Crippen LogP contribution in [0.4, 0.5) is 4.39 Å². The summed E-state index contributed by atoms with van der Waals surface area (Å²) >= 11 is 4.54. The second kappa shape index (κ2) is 11.4. The van der Waals surface area contributed by atoms with Crippen molar-refractivity contribution in [3.8, 4) is 5.75 Å². The van der Waals surface area contributed by atoms with Crippen molar-refractivity contribution < 1.29 is 9.50 Å². The minimum absolute atomic E-state index is 0.171. The molecule has 0 aromatic heterocycles. The molecule has 0 aliphatic heterocycles. The van der Waals surface area contributed by atoms with E-state index in [0.717, 1.165) is 16.0 Å². The molecule has 2 aromatic carbocycles. The molecular weight excluding hydrogens is 351 g/mol. The molecule has 0 radical (unpaired) electrons. The van der Waals surface area contributed by atoms with E-state index in [9.17, 15) is 4.39 Å². The number of benzene rings is 2. The average Bonchev–Trinajstić information content (AvgIpc) is 2.52. The van der Waals surface area contributed by atoms with Crippen LogP contribution >= 0.6 is 27.7 Å². The highest BCUT2D eigenvalue weighted by Gasteiger charge is 1.97. The zero-order chi connectivity index (χ0) is 16.3. The maximum atomic E-state index is 12.1. The molecule has 2 aromatic rings. The average molecular weight is 371 g/mol. The lowest BCUT2D eigenvalue weighted by atomic mass is 10.2. The van der Waals surface area contributed by atoms with Crippen LogP contribution in [0.15, 0.2) is 53.9 Å². The van der Waals surface area contributed by atoms with Crippen molar-refractivity contribution in [2.24, 2.45) is 0 Å². The zero-order valence-corrected chi connectivity index (χ0v) is 14.8. The van der Waals surface area contributed by atoms with Crippen LogP contribution in [0.2, 0.25) is 0 Å². The number of hydrogen-bond acceptors (Lipinski definition) is 2. The van der Waals surface area contributed by atoms with Gasteiger partial charge in [-0.3, -0.25) is 0 Å². The van der Waals surface area contributed by atoms with E-state index in [4.69, 9.17) is 5.11 Å². The number of hydrogen-bond donors (Lipinski definition) is 1. The van der Waals surface area contributed by atoms with Gasteiger partial charge in [-0.05, 0) is 48.8 Å². The molecule has 21 heavy (non-hydrogen) atoms. The van der Waals surface area contributed by atoms with E-state index in [1.165, 1.54) is 12.1 Å². The Kier molecular flexibility index (Phi) is 10.7. The molecule has 0 spiro atoms. The number of thioether (sulfide) groups is 1. The van der Waals surface area contributed by atoms with Crippen molar-refractivity contribution in [1.29, 1.82) is 0 Å². The fourth-order valence-electron chi connectivity index (χ4n) is 1.40. The van der Waals surface area contributed by atoms with Gasteiger partial charge in [0.1, 0.15) is 11.6 Å². The monoisotopic (exact) mass is 370 g/mol. The fourth-order valence-corrected chi connectivity index (χ4v) is 2.03. The molecule has 0 saturated carbocycles. The third-order valence-electron chi connectivity index (χ3n) is 2.45. The van der Waals surface area contributed by atoms with Gasteiger partial charge in [0.25, 0.3) is 0 Å². The molecule has 0 amide bonds. The van der Waals surface area contributed by atoms with E-state index in [-0.39, 0.29) is 5.82 Å². The topological polar surface area (TPSA) is 20.2 Å². The second-order valence-electron chi connectivity index (χ2n) is 3.93. The molecule has 0 unspecified atom stereocenters. The van der Waals surface area contributed by atoms with E-state index in [0.29, 0.717) is 5.75 Å². The van der Waals surface area contributed by atoms with Crippen molar-refractivity contribution >= 4 is 33.8 Å². The molecule has 0 bridgehead atoms. The fraction of sp³-hybridized carbons (Fsp3) is 0.176. The summed E-state index contributed by atoms with van der Waals surface area (Å²) in [5.74, 6) is 1.95. The van der Waals surface area contributed by atoms with Crippen molar-refractivity contribution in [1.82, 2.24) is 0 Å². The van der Waals surface area contributed by atoms with Gasteiger partial charge < -0.3 is 5.11 Å². The quantitative estimate of drug-likeness (QED) is 0.524. The molecule has 0 atom stereocenters.